The molecule has 5 nitrogen and oxygen atoms in total. The summed E-state index contributed by atoms with van der Waals surface area (Å²) in [6.07, 6.45) is 6.24. The molecule has 110 valence electrons. The standard InChI is InChI=1S/C16H13ClN4O/c17-13-4-6-18-15-12(13)10-21(16(15)22)8-5-11-9-20-7-2-1-3-14(20)19-11/h1-4,6-7,9H,5,8,10H2. The molecule has 1 aliphatic heterocycles. The molecule has 3 aromatic heterocycles. The number of carbonyl (C=O) groups is 1. The molecule has 0 N–H and O–H groups in total. The third-order valence-corrected chi connectivity index (χ3v) is 4.24. The molecule has 6 heteroatoms. The molecule has 0 unspecified atom stereocenters. The van der Waals surface area contributed by atoms with Crippen molar-refractivity contribution in [3.63, 3.8) is 0 Å². The fourth-order valence-corrected chi connectivity index (χ4v) is 2.96. The fourth-order valence-electron chi connectivity index (χ4n) is 2.75. The van der Waals surface area contributed by atoms with E-state index in [1.807, 2.05) is 35.0 Å². The van der Waals surface area contributed by atoms with Gasteiger partial charge in [-0.3, -0.25) is 9.78 Å². The number of amides is 1. The minimum absolute atomic E-state index is 0.0544. The first-order valence-electron chi connectivity index (χ1n) is 7.07. The zero-order valence-corrected chi connectivity index (χ0v) is 12.5. The van der Waals surface area contributed by atoms with Crippen LogP contribution in [0.25, 0.3) is 5.65 Å². The molecule has 0 aliphatic carbocycles. The lowest BCUT2D eigenvalue weighted by atomic mass is 10.2. The quantitative estimate of drug-likeness (QED) is 0.747. The van der Waals surface area contributed by atoms with Crippen LogP contribution >= 0.6 is 11.6 Å². The molecule has 3 aromatic rings. The first-order chi connectivity index (χ1) is 10.7. The molecule has 1 aliphatic rings. The fraction of sp³-hybridized carbons (Fsp3) is 0.188. The van der Waals surface area contributed by atoms with Gasteiger partial charge in [0, 0.05) is 48.7 Å². The van der Waals surface area contributed by atoms with E-state index in [-0.39, 0.29) is 5.91 Å². The van der Waals surface area contributed by atoms with Crippen molar-refractivity contribution in [2.24, 2.45) is 0 Å². The lowest BCUT2D eigenvalue weighted by molar-refractivity contribution is 0.0776. The molecule has 0 aromatic carbocycles. The van der Waals surface area contributed by atoms with E-state index in [4.69, 9.17) is 11.6 Å². The van der Waals surface area contributed by atoms with Crippen LogP contribution in [0.15, 0.2) is 42.9 Å². The molecule has 0 fully saturated rings. The third kappa shape index (κ3) is 2.14. The monoisotopic (exact) mass is 312 g/mol. The summed E-state index contributed by atoms with van der Waals surface area (Å²) < 4.78 is 1.98. The number of carbonyl (C=O) groups excluding carboxylic acids is 1. The summed E-state index contributed by atoms with van der Waals surface area (Å²) in [6, 6.07) is 7.61. The van der Waals surface area contributed by atoms with Gasteiger partial charge in [0.05, 0.1) is 5.69 Å². The van der Waals surface area contributed by atoms with Crippen LogP contribution in [0.1, 0.15) is 21.7 Å². The molecule has 0 saturated heterocycles. The molecule has 4 heterocycles. The average Bonchev–Trinajstić information content (AvgIpc) is 3.08. The predicted octanol–water partition coefficient (Wildman–Crippen LogP) is 2.58. The van der Waals surface area contributed by atoms with Crippen molar-refractivity contribution >= 4 is 23.2 Å². The van der Waals surface area contributed by atoms with E-state index in [0.29, 0.717) is 30.2 Å². The zero-order chi connectivity index (χ0) is 15.1. The molecule has 0 atom stereocenters. The number of pyridine rings is 2. The van der Waals surface area contributed by atoms with E-state index >= 15 is 0 Å². The van der Waals surface area contributed by atoms with Crippen LogP contribution in [-0.4, -0.2) is 31.7 Å². The van der Waals surface area contributed by atoms with Crippen molar-refractivity contribution in [1.29, 1.82) is 0 Å². The summed E-state index contributed by atoms with van der Waals surface area (Å²) in [5, 5.41) is 0.605. The molecule has 0 spiro atoms. The number of aromatic nitrogens is 3. The highest BCUT2D eigenvalue weighted by Gasteiger charge is 2.30. The van der Waals surface area contributed by atoms with Crippen molar-refractivity contribution in [3.8, 4) is 0 Å². The zero-order valence-electron chi connectivity index (χ0n) is 11.7. The van der Waals surface area contributed by atoms with Crippen LogP contribution in [0, 0.1) is 0 Å². The SMILES string of the molecule is O=C1c2nccc(Cl)c2CN1CCc1cn2ccccc2n1. The highest BCUT2D eigenvalue weighted by atomic mass is 35.5. The number of halogens is 1. The molecule has 0 bridgehead atoms. The molecule has 0 radical (unpaired) electrons. The van der Waals surface area contributed by atoms with E-state index in [1.165, 1.54) is 0 Å². The van der Waals surface area contributed by atoms with E-state index < -0.39 is 0 Å². The molecular formula is C16H13ClN4O. The minimum atomic E-state index is -0.0544. The van der Waals surface area contributed by atoms with Gasteiger partial charge in [-0.15, -0.1) is 0 Å². The van der Waals surface area contributed by atoms with Crippen LogP contribution < -0.4 is 0 Å². The summed E-state index contributed by atoms with van der Waals surface area (Å²) >= 11 is 6.14. The lowest BCUT2D eigenvalue weighted by Crippen LogP contribution is -2.26. The topological polar surface area (TPSA) is 50.5 Å². The predicted molar refractivity (Wildman–Crippen MR) is 82.9 cm³/mol. The maximum atomic E-state index is 12.3. The summed E-state index contributed by atoms with van der Waals surface area (Å²) in [7, 11) is 0. The Morgan fingerprint density at radius 1 is 1.27 bits per heavy atom. The van der Waals surface area contributed by atoms with Gasteiger partial charge in [0.15, 0.2) is 0 Å². The Hall–Kier alpha value is -2.40. The van der Waals surface area contributed by atoms with Gasteiger partial charge in [-0.25, -0.2) is 4.98 Å². The number of imidazole rings is 1. The summed E-state index contributed by atoms with van der Waals surface area (Å²) in [5.74, 6) is -0.0544. The van der Waals surface area contributed by atoms with Crippen LogP contribution in [0.5, 0.6) is 0 Å². The van der Waals surface area contributed by atoms with Crippen molar-refractivity contribution in [1.82, 2.24) is 19.3 Å². The van der Waals surface area contributed by atoms with Crippen molar-refractivity contribution in [2.45, 2.75) is 13.0 Å². The Kier molecular flexibility index (Phi) is 3.08. The molecule has 0 saturated carbocycles. The highest BCUT2D eigenvalue weighted by Crippen LogP contribution is 2.27. The van der Waals surface area contributed by atoms with Gasteiger partial charge in [-0.05, 0) is 18.2 Å². The van der Waals surface area contributed by atoms with E-state index in [2.05, 4.69) is 9.97 Å². The molecule has 4 rings (SSSR count). The van der Waals surface area contributed by atoms with Crippen molar-refractivity contribution < 1.29 is 4.79 Å². The summed E-state index contributed by atoms with van der Waals surface area (Å²) in [6.45, 7) is 1.13. The minimum Gasteiger partial charge on any atom is -0.332 e. The van der Waals surface area contributed by atoms with Crippen LogP contribution in [0.3, 0.4) is 0 Å². The maximum Gasteiger partial charge on any atom is 0.273 e. The van der Waals surface area contributed by atoms with E-state index in [9.17, 15) is 4.79 Å². The van der Waals surface area contributed by atoms with Crippen molar-refractivity contribution in [3.05, 3.63) is 64.8 Å². The molecular weight excluding hydrogens is 300 g/mol. The van der Waals surface area contributed by atoms with Crippen LogP contribution in [0.2, 0.25) is 5.02 Å². The smallest absolute Gasteiger partial charge is 0.273 e. The largest absolute Gasteiger partial charge is 0.332 e. The number of hydrogen-bond donors (Lipinski definition) is 0. The average molecular weight is 313 g/mol. The second kappa shape index (κ2) is 5.10. The Labute approximate surface area is 132 Å². The first kappa shape index (κ1) is 13.3. The van der Waals surface area contributed by atoms with Gasteiger partial charge in [0.2, 0.25) is 0 Å². The molecule has 22 heavy (non-hydrogen) atoms. The van der Waals surface area contributed by atoms with Crippen molar-refractivity contribution in [2.75, 3.05) is 6.54 Å². The highest BCUT2D eigenvalue weighted by molar-refractivity contribution is 6.32. The number of rotatable bonds is 3. The summed E-state index contributed by atoms with van der Waals surface area (Å²) in [4.78, 5) is 22.8. The Bertz CT molecular complexity index is 840. The van der Waals surface area contributed by atoms with Crippen LogP contribution in [-0.2, 0) is 13.0 Å². The van der Waals surface area contributed by atoms with E-state index in [0.717, 1.165) is 16.9 Å². The Morgan fingerprint density at radius 2 is 2.18 bits per heavy atom. The van der Waals surface area contributed by atoms with E-state index in [1.54, 1.807) is 17.2 Å². The Balaban J connectivity index is 1.51. The van der Waals surface area contributed by atoms with Gasteiger partial charge in [-0.1, -0.05) is 17.7 Å². The second-order valence-electron chi connectivity index (χ2n) is 5.29. The molecule has 1 amide bonds. The van der Waals surface area contributed by atoms with Crippen LogP contribution in [0.4, 0.5) is 0 Å². The van der Waals surface area contributed by atoms with Gasteiger partial charge in [-0.2, -0.15) is 0 Å². The third-order valence-electron chi connectivity index (χ3n) is 3.89. The lowest BCUT2D eigenvalue weighted by Gasteiger charge is -2.13. The number of nitrogens with zero attached hydrogens (tertiary/aromatic N) is 4. The van der Waals surface area contributed by atoms with Gasteiger partial charge in [0.1, 0.15) is 11.3 Å². The number of hydrogen-bond acceptors (Lipinski definition) is 3. The normalized spacial score (nSPS) is 13.9. The first-order valence-corrected chi connectivity index (χ1v) is 7.45. The second-order valence-corrected chi connectivity index (χ2v) is 5.70. The summed E-state index contributed by atoms with van der Waals surface area (Å²) in [5.41, 5.74) is 3.18. The maximum absolute atomic E-state index is 12.3. The van der Waals surface area contributed by atoms with Gasteiger partial charge < -0.3 is 9.30 Å². The van der Waals surface area contributed by atoms with Gasteiger partial charge >= 0.3 is 0 Å². The number of fused-ring (bicyclic) bond motifs is 2. The Morgan fingerprint density at radius 3 is 3.00 bits per heavy atom. The van der Waals surface area contributed by atoms with Gasteiger partial charge in [0.25, 0.3) is 5.91 Å².